The molecule has 0 aromatic carbocycles. The van der Waals surface area contributed by atoms with Crippen molar-refractivity contribution in [1.29, 1.82) is 0 Å². The minimum atomic E-state index is -0.0494. The lowest BCUT2D eigenvalue weighted by Gasteiger charge is -2.19. The zero-order valence-corrected chi connectivity index (χ0v) is 10.5. The smallest absolute Gasteiger partial charge is 0.272 e. The molecule has 0 aliphatic carbocycles. The summed E-state index contributed by atoms with van der Waals surface area (Å²) in [7, 11) is 0. The van der Waals surface area contributed by atoms with Gasteiger partial charge in [-0.25, -0.2) is 4.98 Å². The fraction of sp³-hybridized carbons (Fsp3) is 0.455. The molecule has 0 radical (unpaired) electrons. The summed E-state index contributed by atoms with van der Waals surface area (Å²) in [6.07, 6.45) is 0.946. The van der Waals surface area contributed by atoms with E-state index in [4.69, 9.17) is 5.73 Å². The maximum Gasteiger partial charge on any atom is 0.272 e. The van der Waals surface area contributed by atoms with Gasteiger partial charge < -0.3 is 10.6 Å². The van der Waals surface area contributed by atoms with Crippen LogP contribution in [0.15, 0.2) is 18.2 Å². The number of aromatic nitrogens is 1. The van der Waals surface area contributed by atoms with Crippen LogP contribution in [-0.4, -0.2) is 28.9 Å². The first kappa shape index (κ1) is 14.7. The summed E-state index contributed by atoms with van der Waals surface area (Å²) in [4.78, 5) is 17.7. The van der Waals surface area contributed by atoms with Crippen molar-refractivity contribution < 1.29 is 4.79 Å². The highest BCUT2D eigenvalue weighted by Crippen LogP contribution is 2.05. The maximum atomic E-state index is 11.9. The molecule has 0 atom stereocenters. The second-order valence-corrected chi connectivity index (χ2v) is 3.33. The average Bonchev–Trinajstić information content (AvgIpc) is 2.25. The monoisotopic (exact) mass is 243 g/mol. The van der Waals surface area contributed by atoms with Crippen molar-refractivity contribution >= 4 is 24.1 Å². The van der Waals surface area contributed by atoms with Crippen LogP contribution < -0.4 is 5.73 Å². The summed E-state index contributed by atoms with van der Waals surface area (Å²) >= 11 is 0. The van der Waals surface area contributed by atoms with Crippen molar-refractivity contribution in [3.8, 4) is 0 Å². The number of hydrogen-bond donors (Lipinski definition) is 1. The molecule has 0 bridgehead atoms. The fourth-order valence-electron chi connectivity index (χ4n) is 1.41. The molecule has 0 aliphatic heterocycles. The number of halogens is 1. The van der Waals surface area contributed by atoms with Crippen LogP contribution in [0.1, 0.15) is 30.8 Å². The van der Waals surface area contributed by atoms with Gasteiger partial charge in [0, 0.05) is 13.1 Å². The molecule has 1 rings (SSSR count). The van der Waals surface area contributed by atoms with Gasteiger partial charge in [0.2, 0.25) is 0 Å². The van der Waals surface area contributed by atoms with Gasteiger partial charge in [-0.05, 0) is 25.5 Å². The molecule has 0 aliphatic rings. The Morgan fingerprint density at radius 3 is 2.62 bits per heavy atom. The Hall–Kier alpha value is -1.29. The van der Waals surface area contributed by atoms with Gasteiger partial charge in [-0.15, -0.1) is 12.4 Å². The largest absolute Gasteiger partial charge is 0.384 e. The number of nitrogens with zero attached hydrogens (tertiary/aromatic N) is 2. The molecule has 0 spiro atoms. The highest BCUT2D eigenvalue weighted by Gasteiger charge is 2.14. The summed E-state index contributed by atoms with van der Waals surface area (Å²) in [5, 5.41) is 0. The highest BCUT2D eigenvalue weighted by atomic mass is 35.5. The number of nitrogens with two attached hydrogens (primary N) is 1. The summed E-state index contributed by atoms with van der Waals surface area (Å²) in [6.45, 7) is 5.46. The second kappa shape index (κ2) is 7.06. The molecule has 0 unspecified atom stereocenters. The molecular weight excluding hydrogens is 226 g/mol. The van der Waals surface area contributed by atoms with E-state index in [1.807, 2.05) is 13.8 Å². The van der Waals surface area contributed by atoms with Crippen molar-refractivity contribution in [2.45, 2.75) is 20.3 Å². The first-order valence-electron chi connectivity index (χ1n) is 5.20. The summed E-state index contributed by atoms with van der Waals surface area (Å²) < 4.78 is 0. The van der Waals surface area contributed by atoms with Gasteiger partial charge in [0.25, 0.3) is 5.91 Å². The van der Waals surface area contributed by atoms with E-state index in [0.717, 1.165) is 13.0 Å². The van der Waals surface area contributed by atoms with Gasteiger partial charge in [0.1, 0.15) is 11.5 Å². The Morgan fingerprint density at radius 1 is 1.44 bits per heavy atom. The molecule has 4 nitrogen and oxygen atoms in total. The number of pyridine rings is 1. The number of amides is 1. The highest BCUT2D eigenvalue weighted by molar-refractivity contribution is 5.92. The van der Waals surface area contributed by atoms with Gasteiger partial charge in [0.05, 0.1) is 0 Å². The van der Waals surface area contributed by atoms with Gasteiger partial charge in [0.15, 0.2) is 0 Å². The number of nitrogen functional groups attached to an aromatic ring is 1. The zero-order chi connectivity index (χ0) is 11.3. The predicted molar refractivity (Wildman–Crippen MR) is 67.8 cm³/mol. The van der Waals surface area contributed by atoms with E-state index in [-0.39, 0.29) is 18.3 Å². The molecule has 2 N–H and O–H groups in total. The standard InChI is InChI=1S/C11H17N3O.ClH/c1-3-8-14(4-2)11(15)9-6-5-7-10(12)13-9;/h5-7H,3-4,8H2,1-2H3,(H2,12,13);1H. The Morgan fingerprint density at radius 2 is 2.12 bits per heavy atom. The van der Waals surface area contributed by atoms with Crippen molar-refractivity contribution in [3.63, 3.8) is 0 Å². The van der Waals surface area contributed by atoms with E-state index in [9.17, 15) is 4.79 Å². The number of hydrogen-bond acceptors (Lipinski definition) is 3. The first-order valence-corrected chi connectivity index (χ1v) is 5.20. The number of carbonyl (C=O) groups excluding carboxylic acids is 1. The van der Waals surface area contributed by atoms with Crippen LogP contribution in [0, 0.1) is 0 Å². The average molecular weight is 244 g/mol. The summed E-state index contributed by atoms with van der Waals surface area (Å²) in [6, 6.07) is 5.11. The summed E-state index contributed by atoms with van der Waals surface area (Å²) in [5.41, 5.74) is 5.95. The molecule has 1 aromatic heterocycles. The van der Waals surface area contributed by atoms with E-state index in [2.05, 4.69) is 4.98 Å². The molecule has 1 aromatic rings. The lowest BCUT2D eigenvalue weighted by Crippen LogP contribution is -2.32. The van der Waals surface area contributed by atoms with Crippen LogP contribution in [-0.2, 0) is 0 Å². The third-order valence-electron chi connectivity index (χ3n) is 2.15. The van der Waals surface area contributed by atoms with Gasteiger partial charge in [-0.3, -0.25) is 4.79 Å². The Labute approximate surface area is 102 Å². The van der Waals surface area contributed by atoms with Crippen molar-refractivity contribution in [1.82, 2.24) is 9.88 Å². The minimum Gasteiger partial charge on any atom is -0.384 e. The second-order valence-electron chi connectivity index (χ2n) is 3.33. The molecule has 5 heteroatoms. The molecule has 0 fully saturated rings. The lowest BCUT2D eigenvalue weighted by atomic mass is 10.3. The molecule has 0 saturated carbocycles. The van der Waals surface area contributed by atoms with Crippen LogP contribution in [0.2, 0.25) is 0 Å². The van der Waals surface area contributed by atoms with E-state index in [1.54, 1.807) is 23.1 Å². The van der Waals surface area contributed by atoms with Crippen LogP contribution in [0.3, 0.4) is 0 Å². The van der Waals surface area contributed by atoms with Crippen LogP contribution >= 0.6 is 12.4 Å². The summed E-state index contributed by atoms with van der Waals surface area (Å²) in [5.74, 6) is 0.333. The number of rotatable bonds is 4. The van der Waals surface area contributed by atoms with E-state index >= 15 is 0 Å². The van der Waals surface area contributed by atoms with Crippen molar-refractivity contribution in [2.75, 3.05) is 18.8 Å². The van der Waals surface area contributed by atoms with Gasteiger partial charge in [-0.2, -0.15) is 0 Å². The molecule has 1 amide bonds. The van der Waals surface area contributed by atoms with Crippen LogP contribution in [0.4, 0.5) is 5.82 Å². The third-order valence-corrected chi connectivity index (χ3v) is 2.15. The Kier molecular flexibility index (Phi) is 6.49. The maximum absolute atomic E-state index is 11.9. The molecular formula is C11H18ClN3O. The fourth-order valence-corrected chi connectivity index (χ4v) is 1.41. The SMILES string of the molecule is CCCN(CC)C(=O)c1cccc(N)n1.Cl. The number of anilines is 1. The third kappa shape index (κ3) is 3.70. The molecule has 0 saturated heterocycles. The topological polar surface area (TPSA) is 59.2 Å². The minimum absolute atomic E-state index is 0. The Balaban J connectivity index is 0.00000225. The van der Waals surface area contributed by atoms with Gasteiger partial charge >= 0.3 is 0 Å². The quantitative estimate of drug-likeness (QED) is 0.880. The predicted octanol–water partition coefficient (Wildman–Crippen LogP) is 1.96. The van der Waals surface area contributed by atoms with Crippen LogP contribution in [0.25, 0.3) is 0 Å². The lowest BCUT2D eigenvalue weighted by molar-refractivity contribution is 0.0759. The van der Waals surface area contributed by atoms with E-state index in [1.165, 1.54) is 0 Å². The van der Waals surface area contributed by atoms with Gasteiger partial charge in [-0.1, -0.05) is 13.0 Å². The van der Waals surface area contributed by atoms with E-state index in [0.29, 0.717) is 18.1 Å². The Bertz CT molecular complexity index is 344. The molecule has 16 heavy (non-hydrogen) atoms. The normalized spacial score (nSPS) is 9.38. The van der Waals surface area contributed by atoms with Crippen LogP contribution in [0.5, 0.6) is 0 Å². The van der Waals surface area contributed by atoms with E-state index < -0.39 is 0 Å². The van der Waals surface area contributed by atoms with Crippen molar-refractivity contribution in [3.05, 3.63) is 23.9 Å². The zero-order valence-electron chi connectivity index (χ0n) is 9.64. The first-order chi connectivity index (χ1) is 7.19. The molecule has 1 heterocycles. The van der Waals surface area contributed by atoms with Crippen molar-refractivity contribution in [2.24, 2.45) is 0 Å². The number of carbonyl (C=O) groups is 1. The molecule has 90 valence electrons.